The van der Waals surface area contributed by atoms with E-state index in [1.165, 1.54) is 6.33 Å². The maximum Gasteiger partial charge on any atom is 0.164 e. The Kier molecular flexibility index (Phi) is 5.59. The lowest BCUT2D eigenvalue weighted by Gasteiger charge is -2.48. The van der Waals surface area contributed by atoms with E-state index in [-0.39, 0.29) is 22.8 Å². The molecule has 1 saturated heterocycles. The number of aryl methyl sites for hydroxylation is 1. The fourth-order valence-electron chi connectivity index (χ4n) is 4.67. The first-order chi connectivity index (χ1) is 14.2. The van der Waals surface area contributed by atoms with Gasteiger partial charge in [-0.1, -0.05) is 11.6 Å². The van der Waals surface area contributed by atoms with Crippen molar-refractivity contribution >= 4 is 28.5 Å². The number of halogens is 2. The molecule has 30 heavy (non-hydrogen) atoms. The molecule has 3 heterocycles. The Morgan fingerprint density at radius 2 is 1.97 bits per heavy atom. The Hall–Kier alpha value is -2.03. The van der Waals surface area contributed by atoms with E-state index in [0.717, 1.165) is 29.7 Å². The molecule has 0 saturated carbocycles. The number of hydrogen-bond acceptors (Lipinski definition) is 6. The van der Waals surface area contributed by atoms with E-state index in [1.54, 1.807) is 17.9 Å². The Bertz CT molecular complexity index is 1030. The molecule has 0 bridgehead atoms. The average molecular weight is 435 g/mol. The monoisotopic (exact) mass is 434 g/mol. The van der Waals surface area contributed by atoms with Crippen LogP contribution < -0.4 is 5.73 Å². The topological polar surface area (TPSA) is 82.1 Å². The molecule has 9 heteroatoms. The highest BCUT2D eigenvalue weighted by Gasteiger charge is 2.46. The minimum absolute atomic E-state index is 0.139. The third-order valence-electron chi connectivity index (χ3n) is 6.44. The fourth-order valence-corrected chi connectivity index (χ4v) is 4.92. The first-order valence-corrected chi connectivity index (χ1v) is 10.6. The van der Waals surface area contributed by atoms with Gasteiger partial charge in [0.1, 0.15) is 18.0 Å². The third kappa shape index (κ3) is 3.31. The van der Waals surface area contributed by atoms with Crippen LogP contribution >= 0.6 is 11.6 Å². The van der Waals surface area contributed by atoms with E-state index in [9.17, 15) is 0 Å². The number of ether oxygens (including phenoxy) is 1. The molecular weight excluding hydrogens is 407 g/mol. The van der Waals surface area contributed by atoms with E-state index >= 15 is 4.39 Å². The van der Waals surface area contributed by atoms with E-state index in [2.05, 4.69) is 33.8 Å². The van der Waals surface area contributed by atoms with Crippen LogP contribution in [0.5, 0.6) is 0 Å². The molecule has 2 N–H and O–H groups in total. The van der Waals surface area contributed by atoms with Crippen LogP contribution in [0.25, 0.3) is 11.0 Å². The van der Waals surface area contributed by atoms with Crippen molar-refractivity contribution in [2.75, 3.05) is 25.9 Å². The van der Waals surface area contributed by atoms with Crippen LogP contribution in [0.4, 0.5) is 10.2 Å². The van der Waals surface area contributed by atoms with E-state index in [0.29, 0.717) is 17.5 Å². The second-order valence-electron chi connectivity index (χ2n) is 8.49. The van der Waals surface area contributed by atoms with Crippen molar-refractivity contribution < 1.29 is 9.13 Å². The molecule has 2 aromatic rings. The molecule has 3 atom stereocenters. The molecular formula is C21H28ClFN6O. The zero-order valence-corrected chi connectivity index (χ0v) is 18.7. The lowest BCUT2D eigenvalue weighted by molar-refractivity contribution is -0.0217. The fraction of sp³-hybridized carbons (Fsp3) is 0.571. The molecule has 0 aromatic carbocycles. The molecule has 2 aliphatic rings. The number of fused-ring (bicyclic) bond motifs is 1. The van der Waals surface area contributed by atoms with Gasteiger partial charge in [-0.15, -0.1) is 0 Å². The van der Waals surface area contributed by atoms with Crippen LogP contribution in [-0.2, 0) is 4.74 Å². The predicted octanol–water partition coefficient (Wildman–Crippen LogP) is 3.61. The van der Waals surface area contributed by atoms with E-state index in [1.807, 2.05) is 13.8 Å². The van der Waals surface area contributed by atoms with Gasteiger partial charge in [0.2, 0.25) is 0 Å². The van der Waals surface area contributed by atoms with E-state index in [4.69, 9.17) is 22.1 Å². The maximum atomic E-state index is 15.2. The number of aromatic nitrogens is 4. The normalized spacial score (nSPS) is 24.5. The van der Waals surface area contributed by atoms with Crippen LogP contribution in [-0.4, -0.2) is 57.0 Å². The summed E-state index contributed by atoms with van der Waals surface area (Å²) >= 11 is 6.37. The first-order valence-electron chi connectivity index (χ1n) is 10.2. The summed E-state index contributed by atoms with van der Waals surface area (Å²) in [7, 11) is 1.62. The predicted molar refractivity (Wildman–Crippen MR) is 116 cm³/mol. The number of hydrogen-bond donors (Lipinski definition) is 1. The highest BCUT2D eigenvalue weighted by Crippen LogP contribution is 2.45. The summed E-state index contributed by atoms with van der Waals surface area (Å²) in [5, 5.41) is 5.52. The van der Waals surface area contributed by atoms with E-state index < -0.39 is 12.0 Å². The minimum Gasteiger partial charge on any atom is -0.383 e. The number of likely N-dealkylation sites (tertiary alicyclic amines) is 1. The average Bonchev–Trinajstić information content (AvgIpc) is 3.00. The Morgan fingerprint density at radius 1 is 1.27 bits per heavy atom. The Balaban J connectivity index is 1.71. The highest BCUT2D eigenvalue weighted by atomic mass is 35.5. The van der Waals surface area contributed by atoms with Gasteiger partial charge >= 0.3 is 0 Å². The van der Waals surface area contributed by atoms with Crippen molar-refractivity contribution in [2.45, 2.75) is 45.9 Å². The van der Waals surface area contributed by atoms with Crippen molar-refractivity contribution in [3.8, 4) is 0 Å². The zero-order chi connectivity index (χ0) is 21.7. The Morgan fingerprint density at radius 3 is 2.60 bits per heavy atom. The van der Waals surface area contributed by atoms with Crippen LogP contribution in [0.2, 0.25) is 0 Å². The molecule has 1 fully saturated rings. The first kappa shape index (κ1) is 21.2. The highest BCUT2D eigenvalue weighted by molar-refractivity contribution is 6.31. The van der Waals surface area contributed by atoms with Gasteiger partial charge in [-0.25, -0.2) is 19.0 Å². The molecule has 162 valence electrons. The van der Waals surface area contributed by atoms with Gasteiger partial charge < -0.3 is 15.4 Å². The van der Waals surface area contributed by atoms with Crippen LogP contribution in [0, 0.1) is 18.8 Å². The molecule has 0 spiro atoms. The van der Waals surface area contributed by atoms with Gasteiger partial charge in [0.25, 0.3) is 0 Å². The Labute approximate surface area is 180 Å². The standard InChI is InChI=1S/C21H28ClFN6O/c1-10(2)28-7-13(8-28)17-18(23)15(22)6-14(19(17)30-5)12(4)29-21-16(11(3)27-29)20(24)25-9-26-21/h6,9-10,12-13,17,19H,7-8H2,1-5H3,(H2,24,25,26). The van der Waals surface area contributed by atoms with Crippen molar-refractivity contribution in [1.29, 1.82) is 0 Å². The second kappa shape index (κ2) is 7.90. The minimum atomic E-state index is -0.430. The number of anilines is 1. The largest absolute Gasteiger partial charge is 0.383 e. The summed E-state index contributed by atoms with van der Waals surface area (Å²) in [4.78, 5) is 10.8. The van der Waals surface area contributed by atoms with Crippen LogP contribution in [0.3, 0.4) is 0 Å². The van der Waals surface area contributed by atoms with Gasteiger partial charge in [-0.05, 0) is 45.3 Å². The molecule has 4 rings (SSSR count). The summed E-state index contributed by atoms with van der Waals surface area (Å²) in [5.41, 5.74) is 8.30. The summed E-state index contributed by atoms with van der Waals surface area (Å²) in [5.74, 6) is -0.165. The molecule has 1 aliphatic carbocycles. The molecule has 0 amide bonds. The smallest absolute Gasteiger partial charge is 0.164 e. The molecule has 2 aromatic heterocycles. The van der Waals surface area contributed by atoms with Crippen molar-refractivity contribution in [3.05, 3.63) is 34.5 Å². The number of nitrogen functional groups attached to an aromatic ring is 1. The third-order valence-corrected chi connectivity index (χ3v) is 6.73. The van der Waals surface area contributed by atoms with Gasteiger partial charge in [-0.2, -0.15) is 5.10 Å². The summed E-state index contributed by atoms with van der Waals surface area (Å²) in [6.07, 6.45) is 2.67. The van der Waals surface area contributed by atoms with Crippen molar-refractivity contribution in [3.63, 3.8) is 0 Å². The quantitative estimate of drug-likeness (QED) is 0.774. The number of nitrogens with zero attached hydrogens (tertiary/aromatic N) is 5. The maximum absolute atomic E-state index is 15.2. The summed E-state index contributed by atoms with van der Waals surface area (Å²) < 4.78 is 22.8. The number of methoxy groups -OCH3 is 1. The molecule has 3 unspecified atom stereocenters. The number of rotatable bonds is 5. The lowest BCUT2D eigenvalue weighted by atomic mass is 9.75. The van der Waals surface area contributed by atoms with Gasteiger partial charge in [0.05, 0.1) is 28.3 Å². The molecule has 0 radical (unpaired) electrons. The lowest BCUT2D eigenvalue weighted by Crippen LogP contribution is -2.56. The summed E-state index contributed by atoms with van der Waals surface area (Å²) in [6, 6.07) is 0.192. The van der Waals surface area contributed by atoms with Crippen molar-refractivity contribution in [2.24, 2.45) is 11.8 Å². The molecule has 1 aliphatic heterocycles. The SMILES string of the molecule is COC1C(C(C)n2nc(C)c3c(N)ncnc32)=CC(Cl)=C(F)C1C1CN(C(C)C)C1. The molecule has 7 nitrogen and oxygen atoms in total. The second-order valence-corrected chi connectivity index (χ2v) is 8.90. The van der Waals surface area contributed by atoms with Gasteiger partial charge in [-0.3, -0.25) is 0 Å². The summed E-state index contributed by atoms with van der Waals surface area (Å²) in [6.45, 7) is 9.82. The number of allylic oxidation sites excluding steroid dienone is 2. The van der Waals surface area contributed by atoms with Crippen molar-refractivity contribution in [1.82, 2.24) is 24.6 Å². The van der Waals surface area contributed by atoms with Gasteiger partial charge in [0.15, 0.2) is 5.65 Å². The zero-order valence-electron chi connectivity index (χ0n) is 17.9. The van der Waals surface area contributed by atoms with Gasteiger partial charge in [0, 0.05) is 32.2 Å². The number of nitrogens with two attached hydrogens (primary N) is 1. The van der Waals surface area contributed by atoms with Crippen LogP contribution in [0.15, 0.2) is 28.8 Å². The van der Waals surface area contributed by atoms with Crippen LogP contribution in [0.1, 0.15) is 32.5 Å².